The van der Waals surface area contributed by atoms with Gasteiger partial charge in [0, 0.05) is 6.04 Å². The highest BCUT2D eigenvalue weighted by Crippen LogP contribution is 2.29. The van der Waals surface area contributed by atoms with E-state index in [9.17, 15) is 4.39 Å². The van der Waals surface area contributed by atoms with Crippen molar-refractivity contribution in [3.8, 4) is 0 Å². The van der Waals surface area contributed by atoms with Crippen LogP contribution in [-0.4, -0.2) is 6.54 Å². The van der Waals surface area contributed by atoms with E-state index in [0.29, 0.717) is 12.0 Å². The van der Waals surface area contributed by atoms with Crippen LogP contribution >= 0.6 is 0 Å². The average molecular weight is 265 g/mol. The number of benzene rings is 1. The minimum atomic E-state index is -0.128. The van der Waals surface area contributed by atoms with E-state index in [4.69, 9.17) is 0 Å². The summed E-state index contributed by atoms with van der Waals surface area (Å²) in [5.74, 6) is 0.551. The summed E-state index contributed by atoms with van der Waals surface area (Å²) in [5, 5.41) is 3.63. The largest absolute Gasteiger partial charge is 0.310 e. The van der Waals surface area contributed by atoms with E-state index in [-0.39, 0.29) is 5.82 Å². The van der Waals surface area contributed by atoms with E-state index in [1.54, 1.807) is 12.1 Å². The van der Waals surface area contributed by atoms with Gasteiger partial charge in [0.15, 0.2) is 0 Å². The minimum Gasteiger partial charge on any atom is -0.310 e. The van der Waals surface area contributed by atoms with Crippen LogP contribution < -0.4 is 5.32 Å². The number of halogens is 1. The van der Waals surface area contributed by atoms with Gasteiger partial charge >= 0.3 is 0 Å². The molecule has 108 valence electrons. The highest BCUT2D eigenvalue weighted by molar-refractivity contribution is 5.37. The summed E-state index contributed by atoms with van der Waals surface area (Å²) in [4.78, 5) is 0. The summed E-state index contributed by atoms with van der Waals surface area (Å²) < 4.78 is 13.4. The molecule has 0 fully saturated rings. The first-order chi connectivity index (χ1) is 8.99. The molecule has 0 aliphatic heterocycles. The molecule has 0 aromatic heterocycles. The molecule has 1 aromatic carbocycles. The summed E-state index contributed by atoms with van der Waals surface area (Å²) in [5.41, 5.74) is 3.42. The van der Waals surface area contributed by atoms with Gasteiger partial charge in [-0.2, -0.15) is 0 Å². The number of rotatable bonds is 7. The van der Waals surface area contributed by atoms with Gasteiger partial charge in [0.2, 0.25) is 0 Å². The first-order valence-electron chi connectivity index (χ1n) is 7.49. The molecule has 0 aliphatic rings. The Morgan fingerprint density at radius 2 is 1.74 bits per heavy atom. The number of hydrogen-bond donors (Lipinski definition) is 1. The fourth-order valence-corrected chi connectivity index (χ4v) is 2.66. The van der Waals surface area contributed by atoms with Gasteiger partial charge in [0.1, 0.15) is 5.82 Å². The lowest BCUT2D eigenvalue weighted by atomic mass is 9.89. The molecule has 0 spiro atoms. The average Bonchev–Trinajstić information content (AvgIpc) is 2.34. The van der Waals surface area contributed by atoms with Crippen LogP contribution in [0.15, 0.2) is 12.1 Å². The topological polar surface area (TPSA) is 12.0 Å². The molecule has 2 unspecified atom stereocenters. The molecule has 0 bridgehead atoms. The predicted molar refractivity (Wildman–Crippen MR) is 81.0 cm³/mol. The Bertz CT molecular complexity index is 377. The van der Waals surface area contributed by atoms with Crippen molar-refractivity contribution in [2.75, 3.05) is 6.54 Å². The molecule has 0 saturated carbocycles. The summed E-state index contributed by atoms with van der Waals surface area (Å²) >= 11 is 0. The molecule has 1 aromatic rings. The fraction of sp³-hybridized carbons (Fsp3) is 0.647. The quantitative estimate of drug-likeness (QED) is 0.738. The molecule has 0 amide bonds. The molecule has 0 radical (unpaired) electrons. The lowest BCUT2D eigenvalue weighted by Crippen LogP contribution is -2.25. The van der Waals surface area contributed by atoms with E-state index in [0.717, 1.165) is 30.5 Å². The molecule has 19 heavy (non-hydrogen) atoms. The van der Waals surface area contributed by atoms with Crippen LogP contribution in [0.5, 0.6) is 0 Å². The van der Waals surface area contributed by atoms with Crippen molar-refractivity contribution < 1.29 is 4.39 Å². The Kier molecular flexibility index (Phi) is 6.50. The zero-order chi connectivity index (χ0) is 14.4. The number of aryl methyl sites for hydroxylation is 2. The van der Waals surface area contributed by atoms with E-state index < -0.39 is 0 Å². The van der Waals surface area contributed by atoms with Gasteiger partial charge in [0.25, 0.3) is 0 Å². The Balaban J connectivity index is 3.02. The second-order valence-corrected chi connectivity index (χ2v) is 5.71. The van der Waals surface area contributed by atoms with Crippen LogP contribution in [0, 0.1) is 25.6 Å². The Morgan fingerprint density at radius 3 is 2.21 bits per heavy atom. The lowest BCUT2D eigenvalue weighted by molar-refractivity contribution is 0.400. The first-order valence-corrected chi connectivity index (χ1v) is 7.49. The highest BCUT2D eigenvalue weighted by Gasteiger charge is 2.18. The van der Waals surface area contributed by atoms with Crippen molar-refractivity contribution in [2.45, 2.75) is 59.9 Å². The molecule has 2 heteroatoms. The van der Waals surface area contributed by atoms with Crippen molar-refractivity contribution in [3.05, 3.63) is 34.6 Å². The van der Waals surface area contributed by atoms with Gasteiger partial charge in [-0.05, 0) is 68.0 Å². The van der Waals surface area contributed by atoms with E-state index >= 15 is 0 Å². The summed E-state index contributed by atoms with van der Waals surface area (Å²) in [6.07, 6.45) is 3.42. The molecule has 0 saturated heterocycles. The maximum Gasteiger partial charge on any atom is 0.123 e. The SMILES string of the molecule is CCCNC(CC(C)CC)c1c(C)cc(F)cc1C. The molecule has 0 aliphatic carbocycles. The standard InChI is InChI=1S/C17H28FN/c1-6-8-19-16(9-12(3)7-2)17-13(4)10-15(18)11-14(17)5/h10-12,16,19H,6-9H2,1-5H3. The second-order valence-electron chi connectivity index (χ2n) is 5.71. The summed E-state index contributed by atoms with van der Waals surface area (Å²) in [7, 11) is 0. The van der Waals surface area contributed by atoms with Crippen molar-refractivity contribution in [2.24, 2.45) is 5.92 Å². The molecular formula is C17H28FN. The van der Waals surface area contributed by atoms with Gasteiger partial charge < -0.3 is 5.32 Å². The van der Waals surface area contributed by atoms with E-state index in [2.05, 4.69) is 26.1 Å². The summed E-state index contributed by atoms with van der Waals surface area (Å²) in [6.45, 7) is 11.7. The van der Waals surface area contributed by atoms with Gasteiger partial charge in [-0.1, -0.05) is 27.2 Å². The van der Waals surface area contributed by atoms with Crippen molar-refractivity contribution in [1.29, 1.82) is 0 Å². The molecule has 0 heterocycles. The Labute approximate surface area is 117 Å². The van der Waals surface area contributed by atoms with E-state index in [1.165, 1.54) is 12.0 Å². The first kappa shape index (κ1) is 16.2. The normalized spacial score (nSPS) is 14.4. The minimum absolute atomic E-state index is 0.128. The van der Waals surface area contributed by atoms with Crippen molar-refractivity contribution in [1.82, 2.24) is 5.32 Å². The maximum absolute atomic E-state index is 13.4. The third-order valence-corrected chi connectivity index (χ3v) is 3.88. The number of hydrogen-bond acceptors (Lipinski definition) is 1. The van der Waals surface area contributed by atoms with Gasteiger partial charge in [-0.3, -0.25) is 0 Å². The fourth-order valence-electron chi connectivity index (χ4n) is 2.66. The maximum atomic E-state index is 13.4. The van der Waals surface area contributed by atoms with Crippen LogP contribution in [0.1, 0.15) is 62.8 Å². The third kappa shape index (κ3) is 4.61. The van der Waals surface area contributed by atoms with Gasteiger partial charge in [-0.15, -0.1) is 0 Å². The second kappa shape index (κ2) is 7.64. The highest BCUT2D eigenvalue weighted by atomic mass is 19.1. The predicted octanol–water partition coefficient (Wildman–Crippen LogP) is 4.92. The van der Waals surface area contributed by atoms with Crippen LogP contribution in [0.25, 0.3) is 0 Å². The van der Waals surface area contributed by atoms with Gasteiger partial charge in [-0.25, -0.2) is 4.39 Å². The van der Waals surface area contributed by atoms with Crippen LogP contribution in [0.3, 0.4) is 0 Å². The molecule has 1 rings (SSSR count). The monoisotopic (exact) mass is 265 g/mol. The molecular weight excluding hydrogens is 237 g/mol. The van der Waals surface area contributed by atoms with Crippen molar-refractivity contribution in [3.63, 3.8) is 0 Å². The smallest absolute Gasteiger partial charge is 0.123 e. The van der Waals surface area contributed by atoms with Crippen molar-refractivity contribution >= 4 is 0 Å². The van der Waals surface area contributed by atoms with Crippen LogP contribution in [0.2, 0.25) is 0 Å². The Hall–Kier alpha value is -0.890. The van der Waals surface area contributed by atoms with Crippen LogP contribution in [0.4, 0.5) is 4.39 Å². The van der Waals surface area contributed by atoms with Gasteiger partial charge in [0.05, 0.1) is 0 Å². The Morgan fingerprint density at radius 1 is 1.16 bits per heavy atom. The third-order valence-electron chi connectivity index (χ3n) is 3.88. The number of nitrogens with one attached hydrogen (secondary N) is 1. The van der Waals surface area contributed by atoms with Crippen LogP contribution in [-0.2, 0) is 0 Å². The zero-order valence-corrected chi connectivity index (χ0v) is 13.0. The molecule has 2 atom stereocenters. The zero-order valence-electron chi connectivity index (χ0n) is 13.0. The van der Waals surface area contributed by atoms with E-state index in [1.807, 2.05) is 13.8 Å². The summed E-state index contributed by atoms with van der Waals surface area (Å²) in [6, 6.07) is 3.65. The molecule has 1 nitrogen and oxygen atoms in total. The molecule has 1 N–H and O–H groups in total. The lowest BCUT2D eigenvalue weighted by Gasteiger charge is -2.25.